The van der Waals surface area contributed by atoms with Crippen LogP contribution in [0.1, 0.15) is 33.6 Å². The van der Waals surface area contributed by atoms with Crippen LogP contribution in [0, 0.1) is 5.92 Å². The molecule has 3 atom stereocenters. The predicted octanol–water partition coefficient (Wildman–Crippen LogP) is 0.916. The zero-order chi connectivity index (χ0) is 12.0. The number of nitrogens with one attached hydrogen (secondary N) is 2. The number of amides is 1. The molecule has 1 aliphatic heterocycles. The first kappa shape index (κ1) is 13.5. The smallest absolute Gasteiger partial charge is 0.236 e. The summed E-state index contributed by atoms with van der Waals surface area (Å²) in [6.45, 7) is 8.53. The molecule has 1 saturated heterocycles. The predicted molar refractivity (Wildman–Crippen MR) is 64.3 cm³/mol. The number of rotatable bonds is 6. The number of hydrogen-bond donors (Lipinski definition) is 2. The van der Waals surface area contributed by atoms with E-state index in [0.717, 1.165) is 32.5 Å². The molecule has 0 aromatic rings. The molecule has 0 aliphatic carbocycles. The monoisotopic (exact) mass is 228 g/mol. The van der Waals surface area contributed by atoms with Gasteiger partial charge in [0.2, 0.25) is 5.91 Å². The Morgan fingerprint density at radius 3 is 2.88 bits per heavy atom. The van der Waals surface area contributed by atoms with Gasteiger partial charge in [0.1, 0.15) is 0 Å². The fraction of sp³-hybridized carbons (Fsp3) is 0.917. The summed E-state index contributed by atoms with van der Waals surface area (Å²) in [5.41, 5.74) is 0. The van der Waals surface area contributed by atoms with Crippen LogP contribution in [0.25, 0.3) is 0 Å². The quantitative estimate of drug-likeness (QED) is 0.710. The summed E-state index contributed by atoms with van der Waals surface area (Å²) >= 11 is 0. The maximum absolute atomic E-state index is 11.6. The maximum Gasteiger partial charge on any atom is 0.236 e. The second-order valence-electron chi connectivity index (χ2n) is 4.55. The SMILES string of the molecule is CCCNC(=O)C(C)NCC1CCOC1C. The highest BCUT2D eigenvalue weighted by molar-refractivity contribution is 5.81. The summed E-state index contributed by atoms with van der Waals surface area (Å²) in [5, 5.41) is 6.16. The van der Waals surface area contributed by atoms with Gasteiger partial charge in [-0.25, -0.2) is 0 Å². The van der Waals surface area contributed by atoms with Crippen LogP contribution in [0.2, 0.25) is 0 Å². The van der Waals surface area contributed by atoms with Gasteiger partial charge in [0, 0.05) is 19.7 Å². The van der Waals surface area contributed by atoms with Gasteiger partial charge < -0.3 is 15.4 Å². The van der Waals surface area contributed by atoms with E-state index in [-0.39, 0.29) is 11.9 Å². The lowest BCUT2D eigenvalue weighted by Gasteiger charge is -2.18. The fourth-order valence-corrected chi connectivity index (χ4v) is 1.87. The van der Waals surface area contributed by atoms with Crippen LogP contribution in [-0.4, -0.2) is 37.7 Å². The van der Waals surface area contributed by atoms with E-state index in [9.17, 15) is 4.79 Å². The van der Waals surface area contributed by atoms with Gasteiger partial charge in [0.25, 0.3) is 0 Å². The Morgan fingerprint density at radius 2 is 2.31 bits per heavy atom. The molecule has 1 heterocycles. The molecule has 2 N–H and O–H groups in total. The van der Waals surface area contributed by atoms with E-state index < -0.39 is 0 Å². The highest BCUT2D eigenvalue weighted by Crippen LogP contribution is 2.19. The lowest BCUT2D eigenvalue weighted by atomic mass is 10.0. The molecular weight excluding hydrogens is 204 g/mol. The molecule has 0 radical (unpaired) electrons. The van der Waals surface area contributed by atoms with Gasteiger partial charge >= 0.3 is 0 Å². The molecule has 0 saturated carbocycles. The van der Waals surface area contributed by atoms with E-state index >= 15 is 0 Å². The van der Waals surface area contributed by atoms with Crippen molar-refractivity contribution in [1.29, 1.82) is 0 Å². The van der Waals surface area contributed by atoms with Crippen molar-refractivity contribution >= 4 is 5.91 Å². The minimum absolute atomic E-state index is 0.0911. The van der Waals surface area contributed by atoms with Gasteiger partial charge in [-0.2, -0.15) is 0 Å². The normalized spacial score (nSPS) is 26.7. The molecule has 1 fully saturated rings. The van der Waals surface area contributed by atoms with E-state index in [0.29, 0.717) is 12.0 Å². The maximum atomic E-state index is 11.6. The van der Waals surface area contributed by atoms with Gasteiger partial charge in [0.15, 0.2) is 0 Å². The first-order valence-electron chi connectivity index (χ1n) is 6.27. The van der Waals surface area contributed by atoms with Crippen LogP contribution in [-0.2, 0) is 9.53 Å². The van der Waals surface area contributed by atoms with Crippen LogP contribution in [0.5, 0.6) is 0 Å². The number of carbonyl (C=O) groups is 1. The van der Waals surface area contributed by atoms with Gasteiger partial charge in [-0.15, -0.1) is 0 Å². The standard InChI is InChI=1S/C12H24N2O2/c1-4-6-13-12(15)9(2)14-8-11-5-7-16-10(11)3/h9-11,14H,4-8H2,1-3H3,(H,13,15). The summed E-state index contributed by atoms with van der Waals surface area (Å²) < 4.78 is 5.48. The molecule has 0 bridgehead atoms. The molecule has 3 unspecified atom stereocenters. The Hall–Kier alpha value is -0.610. The lowest BCUT2D eigenvalue weighted by molar-refractivity contribution is -0.122. The van der Waals surface area contributed by atoms with Crippen LogP contribution in [0.15, 0.2) is 0 Å². The van der Waals surface area contributed by atoms with Gasteiger partial charge in [-0.3, -0.25) is 4.79 Å². The fourth-order valence-electron chi connectivity index (χ4n) is 1.87. The van der Waals surface area contributed by atoms with Crippen molar-refractivity contribution < 1.29 is 9.53 Å². The first-order valence-corrected chi connectivity index (χ1v) is 6.27. The van der Waals surface area contributed by atoms with Crippen molar-refractivity contribution in [2.45, 2.75) is 45.8 Å². The van der Waals surface area contributed by atoms with Crippen LogP contribution < -0.4 is 10.6 Å². The molecule has 16 heavy (non-hydrogen) atoms. The number of hydrogen-bond acceptors (Lipinski definition) is 3. The Balaban J connectivity index is 2.18. The number of ether oxygens (including phenoxy) is 1. The second kappa shape index (κ2) is 6.86. The largest absolute Gasteiger partial charge is 0.378 e. The molecule has 0 aromatic carbocycles. The highest BCUT2D eigenvalue weighted by atomic mass is 16.5. The van der Waals surface area contributed by atoms with Gasteiger partial charge in [0.05, 0.1) is 12.1 Å². The average molecular weight is 228 g/mol. The Labute approximate surface area is 98.1 Å². The molecule has 4 nitrogen and oxygen atoms in total. The molecule has 0 aromatic heterocycles. The average Bonchev–Trinajstić information content (AvgIpc) is 2.68. The third-order valence-corrected chi connectivity index (χ3v) is 3.16. The molecule has 94 valence electrons. The molecule has 0 spiro atoms. The van der Waals surface area contributed by atoms with Crippen molar-refractivity contribution in [3.8, 4) is 0 Å². The molecular formula is C12H24N2O2. The third-order valence-electron chi connectivity index (χ3n) is 3.16. The van der Waals surface area contributed by atoms with Crippen LogP contribution in [0.3, 0.4) is 0 Å². The summed E-state index contributed by atoms with van der Waals surface area (Å²) in [4.78, 5) is 11.6. The summed E-state index contributed by atoms with van der Waals surface area (Å²) in [6, 6.07) is -0.112. The van der Waals surface area contributed by atoms with E-state index in [1.807, 2.05) is 6.92 Å². The molecule has 1 aliphatic rings. The van der Waals surface area contributed by atoms with Crippen molar-refractivity contribution in [1.82, 2.24) is 10.6 Å². The summed E-state index contributed by atoms with van der Waals surface area (Å²) in [7, 11) is 0. The van der Waals surface area contributed by atoms with Crippen LogP contribution in [0.4, 0.5) is 0 Å². The van der Waals surface area contributed by atoms with E-state index in [2.05, 4.69) is 24.5 Å². The summed E-state index contributed by atoms with van der Waals surface area (Å²) in [6.07, 6.45) is 2.39. The zero-order valence-corrected chi connectivity index (χ0v) is 10.6. The van der Waals surface area contributed by atoms with Crippen molar-refractivity contribution in [3.05, 3.63) is 0 Å². The molecule has 1 rings (SSSR count). The van der Waals surface area contributed by atoms with E-state index in [1.54, 1.807) is 0 Å². The Kier molecular flexibility index (Phi) is 5.77. The molecule has 1 amide bonds. The van der Waals surface area contributed by atoms with Gasteiger partial charge in [-0.1, -0.05) is 6.92 Å². The topological polar surface area (TPSA) is 50.4 Å². The minimum atomic E-state index is -0.112. The Bertz CT molecular complexity index is 221. The van der Waals surface area contributed by atoms with E-state index in [1.165, 1.54) is 0 Å². The van der Waals surface area contributed by atoms with Crippen molar-refractivity contribution in [2.24, 2.45) is 5.92 Å². The molecule has 4 heteroatoms. The third kappa shape index (κ3) is 4.10. The minimum Gasteiger partial charge on any atom is -0.378 e. The first-order chi connectivity index (χ1) is 7.65. The Morgan fingerprint density at radius 1 is 1.56 bits per heavy atom. The number of carbonyl (C=O) groups excluding carboxylic acids is 1. The lowest BCUT2D eigenvalue weighted by Crippen LogP contribution is -2.44. The highest BCUT2D eigenvalue weighted by Gasteiger charge is 2.24. The van der Waals surface area contributed by atoms with Gasteiger partial charge in [-0.05, 0) is 32.6 Å². The van der Waals surface area contributed by atoms with Crippen molar-refractivity contribution in [3.63, 3.8) is 0 Å². The zero-order valence-electron chi connectivity index (χ0n) is 10.6. The van der Waals surface area contributed by atoms with Crippen LogP contribution >= 0.6 is 0 Å². The van der Waals surface area contributed by atoms with Crippen molar-refractivity contribution in [2.75, 3.05) is 19.7 Å². The van der Waals surface area contributed by atoms with E-state index in [4.69, 9.17) is 4.74 Å². The summed E-state index contributed by atoms with van der Waals surface area (Å²) in [5.74, 6) is 0.634. The second-order valence-corrected chi connectivity index (χ2v) is 4.55.